The summed E-state index contributed by atoms with van der Waals surface area (Å²) in [6, 6.07) is 1.79. The number of cyclic esters (lactones) is 2. The van der Waals surface area contributed by atoms with Crippen molar-refractivity contribution in [2.45, 2.75) is 62.1 Å². The van der Waals surface area contributed by atoms with E-state index >= 15 is 0 Å². The molecule has 0 radical (unpaired) electrons. The molecule has 0 aromatic rings. The Morgan fingerprint density at radius 1 is 0.792 bits per heavy atom. The Morgan fingerprint density at radius 3 is 1.42 bits per heavy atom. The van der Waals surface area contributed by atoms with Crippen LogP contribution in [0.3, 0.4) is 0 Å². The van der Waals surface area contributed by atoms with E-state index in [1.54, 1.807) is 12.1 Å². The van der Waals surface area contributed by atoms with Crippen molar-refractivity contribution in [3.63, 3.8) is 0 Å². The number of hydrogen-bond donors (Lipinski definition) is 2. The Morgan fingerprint density at radius 2 is 1.15 bits per heavy atom. The Labute approximate surface area is 327 Å². The number of aliphatic carboxylic acids is 2. The predicted molar refractivity (Wildman–Crippen MR) is 150 cm³/mol. The number of rotatable bonds is 10. The number of esters is 2. The van der Waals surface area contributed by atoms with Crippen LogP contribution in [0.4, 0.5) is 0 Å². The summed E-state index contributed by atoms with van der Waals surface area (Å²) >= 11 is 10.0. The Bertz CT molecular complexity index is 1380. The van der Waals surface area contributed by atoms with Crippen LogP contribution in [0.2, 0.25) is 0 Å². The molecular weight excluding hydrogens is 698 g/mol. The summed E-state index contributed by atoms with van der Waals surface area (Å²) in [5.41, 5.74) is -4.49. The number of nitriles is 2. The smallest absolute Gasteiger partial charge is 0.544 e. The van der Waals surface area contributed by atoms with Crippen molar-refractivity contribution >= 4 is 70.1 Å². The Kier molecular flexibility index (Phi) is 17.2. The molecule has 0 aliphatic carbocycles. The summed E-state index contributed by atoms with van der Waals surface area (Å²) < 4.78 is 9.54. The summed E-state index contributed by atoms with van der Waals surface area (Å²) in [6.45, 7) is -0.346. The molecule has 244 valence electrons. The van der Waals surface area contributed by atoms with Gasteiger partial charge in [-0.3, -0.25) is 28.9 Å². The normalized spacial score (nSPS) is 26.0. The molecule has 4 aliphatic heterocycles. The first-order valence-corrected chi connectivity index (χ1v) is 14.1. The van der Waals surface area contributed by atoms with Crippen LogP contribution in [0.5, 0.6) is 0 Å². The van der Waals surface area contributed by atoms with Gasteiger partial charge in [-0.2, -0.15) is 20.7 Å². The maximum Gasteiger partial charge on any atom is 1.00 e. The van der Waals surface area contributed by atoms with Gasteiger partial charge in [0.2, 0.25) is 0 Å². The number of carbonyl (C=O) groups is 6. The average Bonchev–Trinajstić information content (AvgIpc) is 3.77. The average molecular weight is 723 g/mol. The molecule has 4 rings (SSSR count). The van der Waals surface area contributed by atoms with Crippen LogP contribution in [0.1, 0.15) is 38.5 Å². The van der Waals surface area contributed by atoms with Gasteiger partial charge in [-0.05, 0) is 0 Å². The number of amides is 2. The van der Waals surface area contributed by atoms with Crippen molar-refractivity contribution in [1.29, 1.82) is 10.5 Å². The van der Waals surface area contributed by atoms with Crippen molar-refractivity contribution in [1.82, 2.24) is 20.8 Å². The third-order valence-corrected chi connectivity index (χ3v) is 7.16. The molecular formula is C26H24N6Na2O12S2. The first-order chi connectivity index (χ1) is 21.8. The number of nitrogens with one attached hydrogen (secondary N) is 2. The van der Waals surface area contributed by atoms with E-state index in [2.05, 4.69) is 10.6 Å². The molecule has 2 N–H and O–H groups in total. The minimum atomic E-state index is -2.24. The number of nitrogens with zero attached hydrogens (tertiary/aromatic N) is 4. The summed E-state index contributed by atoms with van der Waals surface area (Å²) in [4.78, 5) is 80.6. The van der Waals surface area contributed by atoms with Gasteiger partial charge >= 0.3 is 71.1 Å². The second-order valence-corrected chi connectivity index (χ2v) is 10.6. The van der Waals surface area contributed by atoms with Gasteiger partial charge in [-0.15, -0.1) is 0 Å². The van der Waals surface area contributed by atoms with Crippen molar-refractivity contribution < 1.29 is 117 Å². The van der Waals surface area contributed by atoms with E-state index in [9.17, 15) is 39.0 Å². The topological polar surface area (TPSA) is 264 Å². The summed E-state index contributed by atoms with van der Waals surface area (Å²) in [7, 11) is 0. The molecule has 0 aromatic heterocycles. The fraction of sp³-hybridized carbons (Fsp3) is 0.462. The third-order valence-electron chi connectivity index (χ3n) is 6.59. The van der Waals surface area contributed by atoms with Crippen molar-refractivity contribution in [2.75, 3.05) is 13.2 Å². The molecule has 22 heteroatoms. The van der Waals surface area contributed by atoms with Gasteiger partial charge in [0, 0.05) is 37.8 Å². The number of hydroxylamine groups is 4. The maximum absolute atomic E-state index is 12.3. The van der Waals surface area contributed by atoms with E-state index in [4.69, 9.17) is 54.1 Å². The number of carboxylic acid groups (broad SMARTS) is 2. The summed E-state index contributed by atoms with van der Waals surface area (Å²) in [6.07, 6.45) is 5.19. The number of allylic oxidation sites excluding steroid dienone is 2. The molecule has 18 nitrogen and oxygen atoms in total. The molecule has 0 saturated carbocycles. The Balaban J connectivity index is 0.000000461. The second kappa shape index (κ2) is 19.2. The van der Waals surface area contributed by atoms with Gasteiger partial charge in [0.1, 0.15) is 37.2 Å². The second-order valence-electron chi connectivity index (χ2n) is 9.66. The molecule has 4 fully saturated rings. The van der Waals surface area contributed by atoms with E-state index in [1.807, 2.05) is 0 Å². The standard InChI is InChI=1S/2C13H13N3O6S.2Na/c2*14-6-2-1-3-9(23)15-8-7-21-16(11(8)18)13(12(19)20)5-4-10(17)22-13;;/h2*1-2,8H,3-5,7H2,(H,15,23)(H,19,20);;/q;;2*+1/p-2/t2*8-,13?;;/m00../s1. The van der Waals surface area contributed by atoms with Gasteiger partial charge in [0.05, 0.1) is 35.0 Å². The zero-order chi connectivity index (χ0) is 34.1. The van der Waals surface area contributed by atoms with Gasteiger partial charge < -0.3 is 39.9 Å². The van der Waals surface area contributed by atoms with Crippen LogP contribution in [0.15, 0.2) is 24.3 Å². The fourth-order valence-corrected chi connectivity index (χ4v) is 4.91. The largest absolute Gasteiger partial charge is 1.00 e. The van der Waals surface area contributed by atoms with Gasteiger partial charge in [0.15, 0.2) is 0 Å². The minimum absolute atomic E-state index is 0. The molecule has 0 spiro atoms. The number of carbonyl (C=O) groups excluding carboxylic acids is 6. The number of ether oxygens (including phenoxy) is 2. The van der Waals surface area contributed by atoms with Gasteiger partial charge in [-0.25, -0.2) is 0 Å². The van der Waals surface area contributed by atoms with E-state index < -0.39 is 59.2 Å². The molecule has 0 bridgehead atoms. The van der Waals surface area contributed by atoms with Gasteiger partial charge in [-0.1, -0.05) is 36.6 Å². The first kappa shape index (κ1) is 43.0. The monoisotopic (exact) mass is 722 g/mol. The molecule has 0 aromatic carbocycles. The molecule has 2 unspecified atom stereocenters. The number of carboxylic acids is 2. The van der Waals surface area contributed by atoms with Crippen molar-refractivity contribution in [2.24, 2.45) is 0 Å². The molecule has 4 aliphatic rings. The molecule has 48 heavy (non-hydrogen) atoms. The SMILES string of the molecule is N#CC=CCC(=S)N[C@H]1CON(C2(C(=O)[O-])CCC(=O)O2)C1=O.N#CC=CCC(=S)N[C@H]1CON(C2(C(=O)[O-])CCC(=O)O2)C1=O.[Na+].[Na+]. The van der Waals surface area contributed by atoms with E-state index in [0.29, 0.717) is 10.1 Å². The van der Waals surface area contributed by atoms with Crippen LogP contribution >= 0.6 is 24.4 Å². The van der Waals surface area contributed by atoms with Crippen molar-refractivity contribution in [3.8, 4) is 12.1 Å². The zero-order valence-corrected chi connectivity index (χ0v) is 31.3. The van der Waals surface area contributed by atoms with Crippen LogP contribution < -0.4 is 80.0 Å². The maximum atomic E-state index is 12.3. The van der Waals surface area contributed by atoms with Gasteiger partial charge in [0.25, 0.3) is 23.3 Å². The van der Waals surface area contributed by atoms with Crippen LogP contribution in [0, 0.1) is 22.7 Å². The Hall–Kier alpha value is -3.02. The third kappa shape index (κ3) is 10.0. The first-order valence-electron chi connectivity index (χ1n) is 13.3. The van der Waals surface area contributed by atoms with E-state index in [1.165, 1.54) is 24.3 Å². The predicted octanol–water partition coefficient (Wildman–Crippen LogP) is -9.39. The zero-order valence-electron chi connectivity index (χ0n) is 25.6. The molecule has 4 saturated heterocycles. The summed E-state index contributed by atoms with van der Waals surface area (Å²) in [5.74, 6) is -6.40. The van der Waals surface area contributed by atoms with Crippen LogP contribution in [-0.4, -0.2) is 92.5 Å². The molecule has 4 heterocycles. The molecule has 4 atom stereocenters. The fourth-order valence-electron chi connectivity index (χ4n) is 4.43. The van der Waals surface area contributed by atoms with Crippen LogP contribution in [-0.2, 0) is 47.9 Å². The van der Waals surface area contributed by atoms with E-state index in [0.717, 1.165) is 0 Å². The summed E-state index contributed by atoms with van der Waals surface area (Å²) in [5, 5.41) is 45.9. The minimum Gasteiger partial charge on any atom is -0.544 e. The quantitative estimate of drug-likeness (QED) is 0.0917. The number of thiocarbonyl (C=S) groups is 2. The van der Waals surface area contributed by atoms with Crippen LogP contribution in [0.25, 0.3) is 0 Å². The number of hydrogen-bond acceptors (Lipinski definition) is 16. The van der Waals surface area contributed by atoms with E-state index in [-0.39, 0.29) is 121 Å². The molecule has 2 amide bonds. The van der Waals surface area contributed by atoms with Crippen molar-refractivity contribution in [3.05, 3.63) is 24.3 Å².